The molecular formula is C16H18N2O3. The Bertz CT molecular complexity index is 597. The number of carbonyl (C=O) groups excluding carboxylic acids is 1. The number of amides is 1. The highest BCUT2D eigenvalue weighted by Crippen LogP contribution is 2.31. The van der Waals surface area contributed by atoms with Crippen molar-refractivity contribution >= 4 is 11.6 Å². The van der Waals surface area contributed by atoms with E-state index in [-0.39, 0.29) is 5.91 Å². The minimum atomic E-state index is -0.101. The summed E-state index contributed by atoms with van der Waals surface area (Å²) in [5.74, 6) is 1.87. The topological polar surface area (TPSA) is 73.6 Å². The molecule has 0 radical (unpaired) electrons. The van der Waals surface area contributed by atoms with Crippen LogP contribution in [0.3, 0.4) is 0 Å². The molecule has 2 rings (SSSR count). The van der Waals surface area contributed by atoms with Crippen LogP contribution in [0.1, 0.15) is 6.42 Å². The molecule has 3 N–H and O–H groups in total. The van der Waals surface area contributed by atoms with Gasteiger partial charge in [-0.15, -0.1) is 0 Å². The molecule has 0 aliphatic carbocycles. The van der Waals surface area contributed by atoms with E-state index in [0.29, 0.717) is 35.9 Å². The smallest absolute Gasteiger partial charge is 0.225 e. The predicted octanol–water partition coefficient (Wildman–Crippen LogP) is 2.77. The molecule has 21 heavy (non-hydrogen) atoms. The van der Waals surface area contributed by atoms with Gasteiger partial charge in [0.1, 0.15) is 5.75 Å². The number of methoxy groups -OCH3 is 1. The normalized spacial score (nSPS) is 10.0. The average molecular weight is 286 g/mol. The lowest BCUT2D eigenvalue weighted by atomic mass is 10.2. The predicted molar refractivity (Wildman–Crippen MR) is 81.8 cm³/mol. The van der Waals surface area contributed by atoms with Crippen molar-refractivity contribution in [3.8, 4) is 17.2 Å². The summed E-state index contributed by atoms with van der Waals surface area (Å²) in [6.45, 7) is 0.334. The first-order chi connectivity index (χ1) is 10.2. The first kappa shape index (κ1) is 14.9. The van der Waals surface area contributed by atoms with Gasteiger partial charge >= 0.3 is 0 Å². The highest BCUT2D eigenvalue weighted by atomic mass is 16.5. The van der Waals surface area contributed by atoms with Crippen LogP contribution < -0.4 is 20.5 Å². The van der Waals surface area contributed by atoms with E-state index < -0.39 is 0 Å². The molecule has 1 amide bonds. The number of anilines is 1. The molecule has 2 aromatic rings. The number of benzene rings is 2. The van der Waals surface area contributed by atoms with E-state index in [4.69, 9.17) is 15.2 Å². The first-order valence-electron chi connectivity index (χ1n) is 6.64. The van der Waals surface area contributed by atoms with Crippen LogP contribution >= 0.6 is 0 Å². The molecule has 0 heterocycles. The van der Waals surface area contributed by atoms with E-state index in [2.05, 4.69) is 5.32 Å². The second-order valence-electron chi connectivity index (χ2n) is 4.36. The molecule has 0 spiro atoms. The highest BCUT2D eigenvalue weighted by Gasteiger charge is 2.05. The Hall–Kier alpha value is -2.53. The fraction of sp³-hybridized carbons (Fsp3) is 0.188. The van der Waals surface area contributed by atoms with Crippen LogP contribution in [-0.4, -0.2) is 19.6 Å². The summed E-state index contributed by atoms with van der Waals surface area (Å²) in [4.78, 5) is 11.4. The van der Waals surface area contributed by atoms with Gasteiger partial charge in [0.05, 0.1) is 7.11 Å². The lowest BCUT2D eigenvalue weighted by molar-refractivity contribution is -0.116. The van der Waals surface area contributed by atoms with E-state index in [1.165, 1.54) is 0 Å². The molecule has 0 fully saturated rings. The lowest BCUT2D eigenvalue weighted by Gasteiger charge is -2.10. The van der Waals surface area contributed by atoms with Gasteiger partial charge in [-0.05, 0) is 36.4 Å². The van der Waals surface area contributed by atoms with E-state index in [1.807, 2.05) is 24.3 Å². The maximum Gasteiger partial charge on any atom is 0.225 e. The van der Waals surface area contributed by atoms with Crippen LogP contribution in [0.25, 0.3) is 0 Å². The van der Waals surface area contributed by atoms with Crippen molar-refractivity contribution in [2.75, 3.05) is 19.0 Å². The molecule has 0 unspecified atom stereocenters. The summed E-state index contributed by atoms with van der Waals surface area (Å²) < 4.78 is 11.0. The molecule has 5 nitrogen and oxygen atoms in total. The van der Waals surface area contributed by atoms with E-state index >= 15 is 0 Å². The number of rotatable bonds is 6. The van der Waals surface area contributed by atoms with Gasteiger partial charge in [0.2, 0.25) is 5.91 Å². The van der Waals surface area contributed by atoms with Gasteiger partial charge in [0.25, 0.3) is 0 Å². The molecule has 0 aliphatic rings. The zero-order chi connectivity index (χ0) is 15.1. The summed E-state index contributed by atoms with van der Waals surface area (Å²) in [6, 6.07) is 14.5. The molecule has 5 heteroatoms. The van der Waals surface area contributed by atoms with E-state index in [0.717, 1.165) is 0 Å². The SMILES string of the molecule is COc1ccccc1Oc1ccc(NC(=O)CCN)cc1. The quantitative estimate of drug-likeness (QED) is 0.856. The maximum absolute atomic E-state index is 11.4. The zero-order valence-electron chi connectivity index (χ0n) is 11.8. The summed E-state index contributed by atoms with van der Waals surface area (Å²) in [5, 5.41) is 2.76. The van der Waals surface area contributed by atoms with Crippen molar-refractivity contribution in [1.29, 1.82) is 0 Å². The maximum atomic E-state index is 11.4. The monoisotopic (exact) mass is 286 g/mol. The minimum Gasteiger partial charge on any atom is -0.493 e. The number of hydrogen-bond acceptors (Lipinski definition) is 4. The third-order valence-electron chi connectivity index (χ3n) is 2.81. The van der Waals surface area contributed by atoms with E-state index in [1.54, 1.807) is 31.4 Å². The fourth-order valence-electron chi connectivity index (χ4n) is 1.79. The molecule has 2 aromatic carbocycles. The van der Waals surface area contributed by atoms with Crippen LogP contribution in [0.4, 0.5) is 5.69 Å². The Kier molecular flexibility index (Phi) is 5.17. The van der Waals surface area contributed by atoms with Gasteiger partial charge < -0.3 is 20.5 Å². The summed E-state index contributed by atoms with van der Waals surface area (Å²) in [5.41, 5.74) is 6.04. The van der Waals surface area contributed by atoms with Crippen LogP contribution in [0, 0.1) is 0 Å². The Morgan fingerprint density at radius 2 is 1.76 bits per heavy atom. The molecule has 110 valence electrons. The van der Waals surface area contributed by atoms with Gasteiger partial charge in [-0.1, -0.05) is 12.1 Å². The third kappa shape index (κ3) is 4.22. The minimum absolute atomic E-state index is 0.101. The second kappa shape index (κ2) is 7.31. The van der Waals surface area contributed by atoms with Gasteiger partial charge in [0, 0.05) is 18.7 Å². The Morgan fingerprint density at radius 1 is 1.10 bits per heavy atom. The summed E-state index contributed by atoms with van der Waals surface area (Å²) >= 11 is 0. The molecule has 0 saturated carbocycles. The molecule has 0 atom stereocenters. The van der Waals surface area contributed by atoms with Crippen molar-refractivity contribution in [3.05, 3.63) is 48.5 Å². The second-order valence-corrected chi connectivity index (χ2v) is 4.36. The molecule has 0 saturated heterocycles. The fourth-order valence-corrected chi connectivity index (χ4v) is 1.79. The van der Waals surface area contributed by atoms with Gasteiger partial charge in [-0.2, -0.15) is 0 Å². The van der Waals surface area contributed by atoms with Crippen molar-refractivity contribution in [1.82, 2.24) is 0 Å². The van der Waals surface area contributed by atoms with Crippen LogP contribution in [0.2, 0.25) is 0 Å². The average Bonchev–Trinajstić information content (AvgIpc) is 2.50. The molecule has 0 aromatic heterocycles. The number of ether oxygens (including phenoxy) is 2. The third-order valence-corrected chi connectivity index (χ3v) is 2.81. The number of hydrogen-bond donors (Lipinski definition) is 2. The van der Waals surface area contributed by atoms with E-state index in [9.17, 15) is 4.79 Å². The summed E-state index contributed by atoms with van der Waals surface area (Å²) in [6.07, 6.45) is 0.305. The first-order valence-corrected chi connectivity index (χ1v) is 6.64. The number of nitrogens with two attached hydrogens (primary N) is 1. The number of carbonyl (C=O) groups is 1. The largest absolute Gasteiger partial charge is 0.493 e. The number of nitrogens with one attached hydrogen (secondary N) is 1. The van der Waals surface area contributed by atoms with Crippen LogP contribution in [0.15, 0.2) is 48.5 Å². The van der Waals surface area contributed by atoms with Gasteiger partial charge in [-0.3, -0.25) is 4.79 Å². The zero-order valence-corrected chi connectivity index (χ0v) is 11.8. The molecule has 0 aliphatic heterocycles. The number of para-hydroxylation sites is 2. The standard InChI is InChI=1S/C16H18N2O3/c1-20-14-4-2-3-5-15(14)21-13-8-6-12(7-9-13)18-16(19)10-11-17/h2-9H,10-11,17H2,1H3,(H,18,19). The molecular weight excluding hydrogens is 268 g/mol. The Morgan fingerprint density at radius 3 is 2.38 bits per heavy atom. The van der Waals surface area contributed by atoms with Crippen molar-refractivity contribution in [2.45, 2.75) is 6.42 Å². The van der Waals surface area contributed by atoms with Crippen LogP contribution in [-0.2, 0) is 4.79 Å². The van der Waals surface area contributed by atoms with Gasteiger partial charge in [-0.25, -0.2) is 0 Å². The van der Waals surface area contributed by atoms with Gasteiger partial charge in [0.15, 0.2) is 11.5 Å². The Labute approximate surface area is 123 Å². The summed E-state index contributed by atoms with van der Waals surface area (Å²) in [7, 11) is 1.60. The highest BCUT2D eigenvalue weighted by molar-refractivity contribution is 5.90. The lowest BCUT2D eigenvalue weighted by Crippen LogP contribution is -2.15. The Balaban J connectivity index is 2.04. The van der Waals surface area contributed by atoms with Crippen LogP contribution in [0.5, 0.6) is 17.2 Å². The van der Waals surface area contributed by atoms with Crippen molar-refractivity contribution in [3.63, 3.8) is 0 Å². The van der Waals surface area contributed by atoms with Crippen molar-refractivity contribution in [2.24, 2.45) is 5.73 Å². The van der Waals surface area contributed by atoms with Crippen molar-refractivity contribution < 1.29 is 14.3 Å². The molecule has 0 bridgehead atoms.